The molecule has 1 aromatic heterocycles. The molecule has 3 unspecified atom stereocenters. The van der Waals surface area contributed by atoms with E-state index in [1.165, 1.54) is 6.07 Å². The zero-order valence-corrected chi connectivity index (χ0v) is 23.1. The number of ether oxygens (including phenoxy) is 1. The lowest BCUT2D eigenvalue weighted by atomic mass is 9.96. The summed E-state index contributed by atoms with van der Waals surface area (Å²) >= 11 is 6.80. The summed E-state index contributed by atoms with van der Waals surface area (Å²) in [5, 5.41) is 26.6. The minimum Gasteiger partial charge on any atom is -0.508 e. The van der Waals surface area contributed by atoms with Crippen LogP contribution < -0.4 is 15.0 Å². The van der Waals surface area contributed by atoms with E-state index in [9.17, 15) is 10.2 Å². The minimum atomic E-state index is -0.612. The number of aromatic nitrogens is 2. The predicted octanol–water partition coefficient (Wildman–Crippen LogP) is 4.54. The van der Waals surface area contributed by atoms with E-state index in [0.717, 1.165) is 30.2 Å². The standard InChI is InChI=1S/C30H31ClFN5O3/c1-36(2)14-30(7-8-30)15-40-29-34-26-21(27(35-29)37-13-17-10-23(39)28(37)33-17)12-22(31)24(25(26)32)20-11-18(38)9-16-5-3-4-6-19(16)20/h3-6,9,11-12,17,23,28,33,38-39H,7-8,10,13-15H2,1-2H3. The second-order valence-electron chi connectivity index (χ2n) is 11.8. The van der Waals surface area contributed by atoms with Gasteiger partial charge in [0, 0.05) is 35.5 Å². The van der Waals surface area contributed by atoms with Gasteiger partial charge in [0.25, 0.3) is 0 Å². The molecule has 7 rings (SSSR count). The number of nitrogens with one attached hydrogen (secondary N) is 1. The first-order chi connectivity index (χ1) is 19.2. The van der Waals surface area contributed by atoms with E-state index in [1.807, 2.05) is 43.3 Å². The number of phenolic OH excluding ortho intramolecular Hbond substituents is 1. The quantitative estimate of drug-likeness (QED) is 0.302. The van der Waals surface area contributed by atoms with Crippen LogP contribution in [0, 0.1) is 11.2 Å². The Morgan fingerprint density at radius 3 is 2.70 bits per heavy atom. The van der Waals surface area contributed by atoms with E-state index in [4.69, 9.17) is 21.3 Å². The lowest BCUT2D eigenvalue weighted by Crippen LogP contribution is -2.44. The fourth-order valence-corrected chi connectivity index (χ4v) is 6.73. The molecule has 2 aliphatic heterocycles. The number of anilines is 1. The normalized spacial score (nSPS) is 23.1. The van der Waals surface area contributed by atoms with E-state index < -0.39 is 11.9 Å². The molecule has 3 aliphatic rings. The second-order valence-corrected chi connectivity index (χ2v) is 12.2. The lowest BCUT2D eigenvalue weighted by molar-refractivity contribution is 0.149. The number of fused-ring (bicyclic) bond motifs is 4. The number of piperidine rings is 1. The van der Waals surface area contributed by atoms with Crippen LogP contribution in [0.25, 0.3) is 32.8 Å². The van der Waals surface area contributed by atoms with Gasteiger partial charge in [-0.05, 0) is 67.9 Å². The Kier molecular flexibility index (Phi) is 6.05. The van der Waals surface area contributed by atoms with Gasteiger partial charge in [-0.25, -0.2) is 4.39 Å². The predicted molar refractivity (Wildman–Crippen MR) is 154 cm³/mol. The number of aliphatic hydroxyl groups excluding tert-OH is 1. The van der Waals surface area contributed by atoms with Crippen LogP contribution in [0.4, 0.5) is 10.2 Å². The number of aliphatic hydroxyl groups is 1. The molecule has 208 valence electrons. The smallest absolute Gasteiger partial charge is 0.319 e. The van der Waals surface area contributed by atoms with Gasteiger partial charge in [-0.2, -0.15) is 9.97 Å². The van der Waals surface area contributed by atoms with Gasteiger partial charge in [-0.15, -0.1) is 0 Å². The van der Waals surface area contributed by atoms with E-state index in [1.54, 1.807) is 12.1 Å². The number of halogens is 2. The van der Waals surface area contributed by atoms with Gasteiger partial charge in [-0.1, -0.05) is 35.9 Å². The summed E-state index contributed by atoms with van der Waals surface area (Å²) in [5.74, 6) is -0.121. The Labute approximate surface area is 236 Å². The topological polar surface area (TPSA) is 94.0 Å². The van der Waals surface area contributed by atoms with E-state index in [-0.39, 0.29) is 45.5 Å². The van der Waals surface area contributed by atoms with Crippen LogP contribution in [0.2, 0.25) is 5.02 Å². The third-order valence-corrected chi connectivity index (χ3v) is 8.69. The summed E-state index contributed by atoms with van der Waals surface area (Å²) in [5.41, 5.74) is 0.755. The molecule has 0 spiro atoms. The summed E-state index contributed by atoms with van der Waals surface area (Å²) in [6, 6.07) is 12.5. The summed E-state index contributed by atoms with van der Waals surface area (Å²) in [6.45, 7) is 1.94. The molecule has 3 fully saturated rings. The third-order valence-electron chi connectivity index (χ3n) is 8.40. The van der Waals surface area contributed by atoms with Crippen molar-refractivity contribution < 1.29 is 19.3 Å². The van der Waals surface area contributed by atoms with Crippen LogP contribution in [-0.4, -0.2) is 77.2 Å². The van der Waals surface area contributed by atoms with Gasteiger partial charge in [0.05, 0.1) is 17.7 Å². The van der Waals surface area contributed by atoms with Crippen LogP contribution in [0.15, 0.2) is 42.5 Å². The number of hydrogen-bond acceptors (Lipinski definition) is 8. The van der Waals surface area contributed by atoms with Gasteiger partial charge in [0.2, 0.25) is 0 Å². The second kappa shape index (κ2) is 9.41. The fraction of sp³-hybridized carbons (Fsp3) is 0.400. The molecule has 8 nitrogen and oxygen atoms in total. The number of rotatable bonds is 7. The Bertz CT molecular complexity index is 1650. The van der Waals surface area contributed by atoms with E-state index in [0.29, 0.717) is 36.3 Å². The van der Waals surface area contributed by atoms with Crippen molar-refractivity contribution in [2.24, 2.45) is 5.41 Å². The first-order valence-electron chi connectivity index (χ1n) is 13.6. The Morgan fingerprint density at radius 2 is 1.98 bits per heavy atom. The maximum Gasteiger partial charge on any atom is 0.319 e. The highest BCUT2D eigenvalue weighted by atomic mass is 35.5. The summed E-state index contributed by atoms with van der Waals surface area (Å²) < 4.78 is 22.8. The maximum absolute atomic E-state index is 16.6. The largest absolute Gasteiger partial charge is 0.508 e. The van der Waals surface area contributed by atoms with Gasteiger partial charge in [0.1, 0.15) is 23.2 Å². The van der Waals surface area contributed by atoms with Crippen molar-refractivity contribution in [2.45, 2.75) is 37.6 Å². The van der Waals surface area contributed by atoms with Crippen molar-refractivity contribution in [1.82, 2.24) is 20.2 Å². The average Bonchev–Trinajstić information content (AvgIpc) is 3.38. The van der Waals surface area contributed by atoms with Crippen LogP contribution in [0.5, 0.6) is 11.8 Å². The molecule has 0 amide bonds. The monoisotopic (exact) mass is 563 g/mol. The molecular formula is C30H31ClFN5O3. The molecule has 2 bridgehead atoms. The molecule has 3 heterocycles. The molecule has 1 saturated carbocycles. The lowest BCUT2D eigenvalue weighted by Gasteiger charge is -2.31. The number of hydrogen-bond donors (Lipinski definition) is 3. The van der Waals surface area contributed by atoms with Crippen LogP contribution in [0.1, 0.15) is 19.3 Å². The summed E-state index contributed by atoms with van der Waals surface area (Å²) in [7, 11) is 4.08. The number of benzene rings is 3. The molecule has 0 radical (unpaired) electrons. The van der Waals surface area contributed by atoms with Crippen molar-refractivity contribution in [2.75, 3.05) is 38.7 Å². The summed E-state index contributed by atoms with van der Waals surface area (Å²) in [4.78, 5) is 13.4. The molecule has 10 heteroatoms. The van der Waals surface area contributed by atoms with Crippen LogP contribution in [0.3, 0.4) is 0 Å². The van der Waals surface area contributed by atoms with Crippen LogP contribution >= 0.6 is 11.6 Å². The molecule has 3 aromatic carbocycles. The highest BCUT2D eigenvalue weighted by Crippen LogP contribution is 2.47. The third kappa shape index (κ3) is 4.32. The zero-order valence-electron chi connectivity index (χ0n) is 22.4. The maximum atomic E-state index is 16.6. The van der Waals surface area contributed by atoms with Gasteiger partial charge in [-0.3, -0.25) is 5.32 Å². The van der Waals surface area contributed by atoms with Gasteiger partial charge < -0.3 is 24.7 Å². The molecule has 3 atom stereocenters. The van der Waals surface area contributed by atoms with Crippen molar-refractivity contribution in [3.05, 3.63) is 53.3 Å². The highest BCUT2D eigenvalue weighted by Gasteiger charge is 2.46. The minimum absolute atomic E-state index is 0.0143. The number of phenols is 1. The molecule has 3 N–H and O–H groups in total. The number of aromatic hydroxyl groups is 1. The van der Waals surface area contributed by atoms with Crippen molar-refractivity contribution in [3.8, 4) is 22.9 Å². The first kappa shape index (κ1) is 25.7. The zero-order chi connectivity index (χ0) is 27.8. The molecular weight excluding hydrogens is 533 g/mol. The van der Waals surface area contributed by atoms with E-state index in [2.05, 4.69) is 15.2 Å². The van der Waals surface area contributed by atoms with Crippen molar-refractivity contribution in [3.63, 3.8) is 0 Å². The average molecular weight is 564 g/mol. The van der Waals surface area contributed by atoms with Gasteiger partial charge >= 0.3 is 6.01 Å². The van der Waals surface area contributed by atoms with Crippen molar-refractivity contribution in [1.29, 1.82) is 0 Å². The number of nitrogens with zero attached hydrogens (tertiary/aromatic N) is 4. The van der Waals surface area contributed by atoms with Gasteiger partial charge in [0.15, 0.2) is 5.82 Å². The molecule has 4 aromatic rings. The van der Waals surface area contributed by atoms with E-state index >= 15 is 4.39 Å². The van der Waals surface area contributed by atoms with Crippen molar-refractivity contribution >= 4 is 39.1 Å². The Hall–Kier alpha value is -3.24. The Balaban J connectivity index is 1.39. The fourth-order valence-electron chi connectivity index (χ4n) is 6.44. The van der Waals surface area contributed by atoms with Crippen LogP contribution in [-0.2, 0) is 0 Å². The first-order valence-corrected chi connectivity index (χ1v) is 14.0. The SMILES string of the molecule is CN(C)CC1(COc2nc(N3CC4CC(O)C3N4)c3cc(Cl)c(-c4cc(O)cc5ccccc45)c(F)c3n2)CC1. The Morgan fingerprint density at radius 1 is 1.18 bits per heavy atom. The molecule has 1 aliphatic carbocycles. The highest BCUT2D eigenvalue weighted by molar-refractivity contribution is 6.35. The summed E-state index contributed by atoms with van der Waals surface area (Å²) in [6.07, 6.45) is 1.86. The molecule has 40 heavy (non-hydrogen) atoms. The molecule has 2 saturated heterocycles.